The molecule has 0 radical (unpaired) electrons. The van der Waals surface area contributed by atoms with E-state index in [1.165, 1.54) is 7.11 Å². The highest BCUT2D eigenvalue weighted by molar-refractivity contribution is 6.35. The Hall–Kier alpha value is -3.24. The molecule has 0 heterocycles. The minimum absolute atomic E-state index is 0.200. The van der Waals surface area contributed by atoms with Crippen molar-refractivity contribution in [2.75, 3.05) is 7.11 Å². The van der Waals surface area contributed by atoms with Crippen LogP contribution in [0.15, 0.2) is 91.0 Å². The quantitative estimate of drug-likeness (QED) is 0.312. The lowest BCUT2D eigenvalue weighted by atomic mass is 9.76. The normalized spacial score (nSPS) is 12.4. The van der Waals surface area contributed by atoms with Gasteiger partial charge in [-0.3, -0.25) is 10.1 Å². The molecule has 3 rings (SSSR count). The fourth-order valence-electron chi connectivity index (χ4n) is 4.02. The molecule has 1 N–H and O–H groups in total. The summed E-state index contributed by atoms with van der Waals surface area (Å²) in [7, 11) is 1.24. The largest absolute Gasteiger partial charge is 0.463 e. The first kappa shape index (κ1) is 22.4. The van der Waals surface area contributed by atoms with E-state index in [0.29, 0.717) is 6.42 Å². The number of carbonyl (C=O) groups is 2. The highest BCUT2D eigenvalue weighted by Crippen LogP contribution is 2.37. The summed E-state index contributed by atoms with van der Waals surface area (Å²) in [5.74, 6) is -1.20. The Morgan fingerprint density at radius 2 is 1.16 bits per heavy atom. The number of ketones is 1. The SMILES string of the molecule is COC(=O)C(=O)[C@H](CC(C)C)NC(c1ccccc1)(c1ccccc1)c1ccccc1. The van der Waals surface area contributed by atoms with E-state index < -0.39 is 23.3 Å². The number of nitrogens with one attached hydrogen (secondary N) is 1. The Bertz CT molecular complexity index is 888. The van der Waals surface area contributed by atoms with Crippen LogP contribution >= 0.6 is 0 Å². The van der Waals surface area contributed by atoms with E-state index in [9.17, 15) is 9.59 Å². The van der Waals surface area contributed by atoms with Gasteiger partial charge in [-0.1, -0.05) is 105 Å². The van der Waals surface area contributed by atoms with Crippen molar-refractivity contribution in [1.29, 1.82) is 0 Å². The summed E-state index contributed by atoms with van der Waals surface area (Å²) in [4.78, 5) is 25.3. The first-order chi connectivity index (χ1) is 15.0. The van der Waals surface area contributed by atoms with Gasteiger partial charge in [-0.25, -0.2) is 4.79 Å². The van der Waals surface area contributed by atoms with E-state index in [1.54, 1.807) is 0 Å². The van der Waals surface area contributed by atoms with E-state index >= 15 is 0 Å². The fraction of sp³-hybridized carbons (Fsp3) is 0.259. The van der Waals surface area contributed by atoms with Gasteiger partial charge in [0.2, 0.25) is 0 Å². The van der Waals surface area contributed by atoms with Crippen molar-refractivity contribution in [2.24, 2.45) is 5.92 Å². The zero-order chi connectivity index (χ0) is 22.3. The number of carbonyl (C=O) groups excluding carboxylic acids is 2. The van der Waals surface area contributed by atoms with Crippen molar-refractivity contribution in [3.8, 4) is 0 Å². The van der Waals surface area contributed by atoms with Crippen LogP contribution in [0.5, 0.6) is 0 Å². The molecule has 0 aliphatic rings. The maximum Gasteiger partial charge on any atom is 0.376 e. The van der Waals surface area contributed by atoms with Crippen LogP contribution in [-0.2, 0) is 19.9 Å². The molecule has 0 aromatic heterocycles. The molecule has 0 spiro atoms. The smallest absolute Gasteiger partial charge is 0.376 e. The third-order valence-electron chi connectivity index (χ3n) is 5.42. The van der Waals surface area contributed by atoms with Crippen LogP contribution in [-0.4, -0.2) is 24.9 Å². The van der Waals surface area contributed by atoms with Crippen molar-refractivity contribution in [2.45, 2.75) is 31.8 Å². The molecule has 0 saturated carbocycles. The fourth-order valence-corrected chi connectivity index (χ4v) is 4.02. The summed E-state index contributed by atoms with van der Waals surface area (Å²) in [6.45, 7) is 4.07. The molecule has 0 bridgehead atoms. The van der Waals surface area contributed by atoms with E-state index in [0.717, 1.165) is 16.7 Å². The standard InChI is InChI=1S/C27H29NO3/c1-20(2)19-24(25(29)26(30)31-3)28-27(21-13-7-4-8-14-21,22-15-9-5-10-16-22)23-17-11-6-12-18-23/h4-18,20,24,28H,19H2,1-3H3/t24-/m0/s1. The van der Waals surface area contributed by atoms with Gasteiger partial charge in [-0.15, -0.1) is 0 Å². The molecule has 0 saturated heterocycles. The van der Waals surface area contributed by atoms with Gasteiger partial charge < -0.3 is 4.74 Å². The van der Waals surface area contributed by atoms with Gasteiger partial charge in [-0.2, -0.15) is 0 Å². The summed E-state index contributed by atoms with van der Waals surface area (Å²) in [5.41, 5.74) is 2.13. The van der Waals surface area contributed by atoms with Gasteiger partial charge >= 0.3 is 5.97 Å². The van der Waals surface area contributed by atoms with Crippen LogP contribution in [0.2, 0.25) is 0 Å². The Kier molecular flexibility index (Phi) is 7.37. The number of methoxy groups -OCH3 is 1. The van der Waals surface area contributed by atoms with E-state index in [2.05, 4.69) is 5.32 Å². The number of rotatable bonds is 9. The van der Waals surface area contributed by atoms with Crippen molar-refractivity contribution in [3.63, 3.8) is 0 Å². The molecule has 160 valence electrons. The minimum atomic E-state index is -0.832. The zero-order valence-corrected chi connectivity index (χ0v) is 18.2. The van der Waals surface area contributed by atoms with Crippen LogP contribution in [0, 0.1) is 5.92 Å². The molecule has 31 heavy (non-hydrogen) atoms. The third-order valence-corrected chi connectivity index (χ3v) is 5.42. The lowest BCUT2D eigenvalue weighted by Crippen LogP contribution is -2.54. The first-order valence-corrected chi connectivity index (χ1v) is 10.6. The molecule has 4 heteroatoms. The maximum absolute atomic E-state index is 13.0. The second-order valence-corrected chi connectivity index (χ2v) is 8.03. The monoisotopic (exact) mass is 415 g/mol. The lowest BCUT2D eigenvalue weighted by molar-refractivity contribution is -0.152. The molecular formula is C27H29NO3. The number of hydrogen-bond donors (Lipinski definition) is 1. The number of ether oxygens (including phenoxy) is 1. The van der Waals surface area contributed by atoms with Crippen molar-refractivity contribution < 1.29 is 14.3 Å². The minimum Gasteiger partial charge on any atom is -0.463 e. The van der Waals surface area contributed by atoms with E-state index in [1.807, 2.05) is 105 Å². The van der Waals surface area contributed by atoms with Crippen molar-refractivity contribution >= 4 is 11.8 Å². The summed E-state index contributed by atoms with van der Waals surface area (Å²) in [6.07, 6.45) is 0.502. The van der Waals surface area contributed by atoms with Crippen molar-refractivity contribution in [3.05, 3.63) is 108 Å². The molecule has 0 aliphatic carbocycles. The summed E-state index contributed by atoms with van der Waals surface area (Å²) in [5, 5.41) is 3.61. The average Bonchev–Trinajstić information content (AvgIpc) is 2.82. The van der Waals surface area contributed by atoms with Gasteiger partial charge in [0.25, 0.3) is 5.78 Å². The van der Waals surface area contributed by atoms with Crippen LogP contribution in [0.1, 0.15) is 37.0 Å². The zero-order valence-electron chi connectivity index (χ0n) is 18.2. The molecular weight excluding hydrogens is 386 g/mol. The van der Waals surface area contributed by atoms with Crippen LogP contribution in [0.3, 0.4) is 0 Å². The number of hydrogen-bond acceptors (Lipinski definition) is 4. The molecule has 3 aromatic carbocycles. The highest BCUT2D eigenvalue weighted by atomic mass is 16.5. The molecule has 1 atom stereocenters. The summed E-state index contributed by atoms with van der Waals surface area (Å²) in [6, 6.07) is 29.4. The Labute approximate surface area is 184 Å². The van der Waals surface area contributed by atoms with Crippen LogP contribution < -0.4 is 5.32 Å². The number of esters is 1. The predicted molar refractivity (Wildman–Crippen MR) is 123 cm³/mol. The van der Waals surface area contributed by atoms with Gasteiger partial charge in [0.05, 0.1) is 18.7 Å². The molecule has 3 aromatic rings. The number of Topliss-reactive ketones (excluding diaryl/α,β-unsaturated/α-hetero) is 1. The van der Waals surface area contributed by atoms with E-state index in [-0.39, 0.29) is 5.92 Å². The van der Waals surface area contributed by atoms with Gasteiger partial charge in [-0.05, 0) is 29.0 Å². The lowest BCUT2D eigenvalue weighted by Gasteiger charge is -2.40. The average molecular weight is 416 g/mol. The molecule has 0 fully saturated rings. The summed E-state index contributed by atoms with van der Waals surface area (Å²) >= 11 is 0. The van der Waals surface area contributed by atoms with Crippen LogP contribution in [0.4, 0.5) is 0 Å². The molecule has 0 unspecified atom stereocenters. The molecule has 4 nitrogen and oxygen atoms in total. The van der Waals surface area contributed by atoms with Crippen LogP contribution in [0.25, 0.3) is 0 Å². The van der Waals surface area contributed by atoms with Gasteiger partial charge in [0.1, 0.15) is 0 Å². The Morgan fingerprint density at radius 3 is 1.48 bits per heavy atom. The first-order valence-electron chi connectivity index (χ1n) is 10.6. The van der Waals surface area contributed by atoms with E-state index in [4.69, 9.17) is 4.74 Å². The molecule has 0 amide bonds. The topological polar surface area (TPSA) is 55.4 Å². The van der Waals surface area contributed by atoms with Gasteiger partial charge in [0, 0.05) is 0 Å². The summed E-state index contributed by atoms with van der Waals surface area (Å²) < 4.78 is 4.78. The predicted octanol–water partition coefficient (Wildman–Crippen LogP) is 4.72. The highest BCUT2D eigenvalue weighted by Gasteiger charge is 2.41. The third kappa shape index (κ3) is 4.92. The molecule has 0 aliphatic heterocycles. The Morgan fingerprint density at radius 1 is 0.774 bits per heavy atom. The second kappa shape index (κ2) is 10.2. The Balaban J connectivity index is 2.26. The maximum atomic E-state index is 13.0. The number of benzene rings is 3. The second-order valence-electron chi connectivity index (χ2n) is 8.03. The van der Waals surface area contributed by atoms with Crippen molar-refractivity contribution in [1.82, 2.24) is 5.32 Å². The van der Waals surface area contributed by atoms with Gasteiger partial charge in [0.15, 0.2) is 0 Å².